The second kappa shape index (κ2) is 4.65. The van der Waals surface area contributed by atoms with Gasteiger partial charge in [-0.1, -0.05) is 49.7 Å². The zero-order valence-corrected chi connectivity index (χ0v) is 9.81. The van der Waals surface area contributed by atoms with Crippen LogP contribution in [0.1, 0.15) is 32.8 Å². The van der Waals surface area contributed by atoms with Crippen molar-refractivity contribution < 1.29 is 0 Å². The molecule has 0 aliphatic carbocycles. The summed E-state index contributed by atoms with van der Waals surface area (Å²) in [6.45, 7) is 6.51. The number of hydrogen-bond donors (Lipinski definition) is 0. The molecule has 0 aromatic heterocycles. The zero-order valence-electron chi connectivity index (χ0n) is 9.05. The molecule has 76 valence electrons. The summed E-state index contributed by atoms with van der Waals surface area (Å²) in [5.41, 5.74) is 1.46. The molecular weight excluding hydrogens is 192 g/mol. The van der Waals surface area contributed by atoms with Crippen LogP contribution in [0.3, 0.4) is 0 Å². The molecule has 1 heteroatoms. The van der Waals surface area contributed by atoms with Crippen molar-refractivity contribution in [3.63, 3.8) is 0 Å². The van der Waals surface area contributed by atoms with Crippen LogP contribution >= 0.6 is 11.6 Å². The van der Waals surface area contributed by atoms with Crippen LogP contribution in [0.4, 0.5) is 0 Å². The van der Waals surface area contributed by atoms with Crippen molar-refractivity contribution in [1.82, 2.24) is 0 Å². The van der Waals surface area contributed by atoms with Crippen LogP contribution in [0, 0.1) is 0 Å². The van der Waals surface area contributed by atoms with E-state index < -0.39 is 0 Å². The van der Waals surface area contributed by atoms with Gasteiger partial charge in [0.15, 0.2) is 0 Å². The molecule has 0 spiro atoms. The van der Waals surface area contributed by atoms with Crippen molar-refractivity contribution in [3.05, 3.63) is 47.0 Å². The lowest BCUT2D eigenvalue weighted by Crippen LogP contribution is -2.17. The van der Waals surface area contributed by atoms with E-state index in [2.05, 4.69) is 45.1 Å². The van der Waals surface area contributed by atoms with Gasteiger partial charge in [-0.05, 0) is 31.0 Å². The second-order valence-electron chi connectivity index (χ2n) is 3.78. The van der Waals surface area contributed by atoms with Gasteiger partial charge in [0, 0.05) is 10.4 Å². The normalized spacial score (nSPS) is 15.7. The Morgan fingerprint density at radius 3 is 2.29 bits per heavy atom. The highest BCUT2D eigenvalue weighted by Crippen LogP contribution is 2.29. The number of benzene rings is 1. The van der Waals surface area contributed by atoms with Gasteiger partial charge in [-0.2, -0.15) is 0 Å². The maximum Gasteiger partial charge on any atom is 0.0406 e. The topological polar surface area (TPSA) is 0 Å². The first-order chi connectivity index (χ1) is 6.62. The molecule has 1 unspecified atom stereocenters. The smallest absolute Gasteiger partial charge is 0.0406 e. The molecule has 14 heavy (non-hydrogen) atoms. The first kappa shape index (κ1) is 11.3. The van der Waals surface area contributed by atoms with Gasteiger partial charge in [-0.25, -0.2) is 0 Å². The number of rotatable bonds is 3. The third-order valence-corrected chi connectivity index (χ3v) is 3.02. The standard InChI is InChI=1S/C13H17Cl/c1-4-10-13(3,5-2)11-6-8-12(14)9-7-11/h4,6-10H,5H2,1-3H3. The summed E-state index contributed by atoms with van der Waals surface area (Å²) in [6, 6.07) is 8.11. The van der Waals surface area contributed by atoms with E-state index in [-0.39, 0.29) is 5.41 Å². The molecule has 0 bridgehead atoms. The Morgan fingerprint density at radius 1 is 1.29 bits per heavy atom. The highest BCUT2D eigenvalue weighted by Gasteiger charge is 2.20. The summed E-state index contributed by atoms with van der Waals surface area (Å²) in [7, 11) is 0. The van der Waals surface area contributed by atoms with Gasteiger partial charge in [0.05, 0.1) is 0 Å². The average molecular weight is 209 g/mol. The van der Waals surface area contributed by atoms with Crippen LogP contribution in [0.25, 0.3) is 0 Å². The summed E-state index contributed by atoms with van der Waals surface area (Å²) in [5, 5.41) is 0.799. The Bertz CT molecular complexity index is 311. The summed E-state index contributed by atoms with van der Waals surface area (Å²) in [5.74, 6) is 0. The van der Waals surface area contributed by atoms with E-state index >= 15 is 0 Å². The van der Waals surface area contributed by atoms with Gasteiger partial charge < -0.3 is 0 Å². The van der Waals surface area contributed by atoms with Crippen LogP contribution in [0.5, 0.6) is 0 Å². The van der Waals surface area contributed by atoms with Gasteiger partial charge in [0.1, 0.15) is 0 Å². The first-order valence-corrected chi connectivity index (χ1v) is 5.40. The molecule has 0 nitrogen and oxygen atoms in total. The van der Waals surface area contributed by atoms with Crippen LogP contribution in [-0.2, 0) is 5.41 Å². The van der Waals surface area contributed by atoms with Gasteiger partial charge in [0.25, 0.3) is 0 Å². The average Bonchev–Trinajstić information content (AvgIpc) is 2.19. The summed E-state index contributed by atoms with van der Waals surface area (Å²) < 4.78 is 0. The van der Waals surface area contributed by atoms with E-state index in [1.165, 1.54) is 5.56 Å². The van der Waals surface area contributed by atoms with Crippen molar-refractivity contribution >= 4 is 11.6 Å². The molecule has 1 aromatic carbocycles. The second-order valence-corrected chi connectivity index (χ2v) is 4.21. The van der Waals surface area contributed by atoms with Crippen LogP contribution in [0.2, 0.25) is 5.02 Å². The number of halogens is 1. The molecule has 0 amide bonds. The van der Waals surface area contributed by atoms with Crippen molar-refractivity contribution in [2.24, 2.45) is 0 Å². The quantitative estimate of drug-likeness (QED) is 0.638. The lowest BCUT2D eigenvalue weighted by Gasteiger charge is -2.25. The minimum absolute atomic E-state index is 0.138. The Hall–Kier alpha value is -0.750. The van der Waals surface area contributed by atoms with Gasteiger partial charge in [-0.3, -0.25) is 0 Å². The molecular formula is C13H17Cl. The minimum Gasteiger partial charge on any atom is -0.0908 e. The monoisotopic (exact) mass is 208 g/mol. The van der Waals surface area contributed by atoms with E-state index in [1.807, 2.05) is 12.1 Å². The van der Waals surface area contributed by atoms with Gasteiger partial charge >= 0.3 is 0 Å². The molecule has 0 aliphatic heterocycles. The number of allylic oxidation sites excluding steroid dienone is 2. The molecule has 0 saturated heterocycles. The van der Waals surface area contributed by atoms with Crippen LogP contribution in [0.15, 0.2) is 36.4 Å². The third-order valence-electron chi connectivity index (χ3n) is 2.77. The fourth-order valence-corrected chi connectivity index (χ4v) is 1.74. The minimum atomic E-state index is 0.138. The van der Waals surface area contributed by atoms with E-state index in [4.69, 9.17) is 11.6 Å². The Morgan fingerprint density at radius 2 is 1.86 bits per heavy atom. The molecule has 0 fully saturated rings. The van der Waals surface area contributed by atoms with Crippen LogP contribution < -0.4 is 0 Å². The summed E-state index contributed by atoms with van der Waals surface area (Å²) in [4.78, 5) is 0. The maximum absolute atomic E-state index is 5.86. The largest absolute Gasteiger partial charge is 0.0908 e. The molecule has 0 heterocycles. The van der Waals surface area contributed by atoms with Gasteiger partial charge in [-0.15, -0.1) is 0 Å². The van der Waals surface area contributed by atoms with Crippen LogP contribution in [-0.4, -0.2) is 0 Å². The molecule has 0 saturated carbocycles. The fourth-order valence-electron chi connectivity index (χ4n) is 1.62. The molecule has 0 aliphatic rings. The van der Waals surface area contributed by atoms with Gasteiger partial charge in [0.2, 0.25) is 0 Å². The Kier molecular flexibility index (Phi) is 3.77. The lowest BCUT2D eigenvalue weighted by atomic mass is 9.80. The molecule has 0 N–H and O–H groups in total. The predicted octanol–water partition coefficient (Wildman–Crippen LogP) is 4.58. The lowest BCUT2D eigenvalue weighted by molar-refractivity contribution is 0.572. The van der Waals surface area contributed by atoms with Crippen molar-refractivity contribution in [2.45, 2.75) is 32.6 Å². The molecule has 1 aromatic rings. The van der Waals surface area contributed by atoms with Crippen molar-refractivity contribution in [3.8, 4) is 0 Å². The van der Waals surface area contributed by atoms with E-state index in [9.17, 15) is 0 Å². The number of hydrogen-bond acceptors (Lipinski definition) is 0. The van der Waals surface area contributed by atoms with E-state index in [0.717, 1.165) is 11.4 Å². The predicted molar refractivity (Wildman–Crippen MR) is 63.9 cm³/mol. The Labute approximate surface area is 91.6 Å². The molecule has 0 radical (unpaired) electrons. The zero-order chi connectivity index (χ0) is 10.6. The third kappa shape index (κ3) is 2.39. The summed E-state index contributed by atoms with van der Waals surface area (Å²) >= 11 is 5.86. The highest BCUT2D eigenvalue weighted by atomic mass is 35.5. The molecule has 1 rings (SSSR count). The molecule has 1 atom stereocenters. The maximum atomic E-state index is 5.86. The first-order valence-electron chi connectivity index (χ1n) is 5.02. The highest BCUT2D eigenvalue weighted by molar-refractivity contribution is 6.30. The van der Waals surface area contributed by atoms with Crippen molar-refractivity contribution in [1.29, 1.82) is 0 Å². The Balaban J connectivity index is 3.06. The van der Waals surface area contributed by atoms with Crippen molar-refractivity contribution in [2.75, 3.05) is 0 Å². The van der Waals surface area contributed by atoms with E-state index in [0.29, 0.717) is 0 Å². The SMILES string of the molecule is CC=CC(C)(CC)c1ccc(Cl)cc1. The fraction of sp³-hybridized carbons (Fsp3) is 0.385. The van der Waals surface area contributed by atoms with E-state index in [1.54, 1.807) is 0 Å². The summed E-state index contributed by atoms with van der Waals surface area (Å²) in [6.07, 6.45) is 5.45.